The van der Waals surface area contributed by atoms with Gasteiger partial charge in [0.05, 0.1) is 25.0 Å². The van der Waals surface area contributed by atoms with Crippen molar-refractivity contribution in [1.29, 1.82) is 0 Å². The number of nitrogens with two attached hydrogens (primary N) is 2. The van der Waals surface area contributed by atoms with Crippen molar-refractivity contribution in [3.05, 3.63) is 95.6 Å². The van der Waals surface area contributed by atoms with Crippen molar-refractivity contribution < 1.29 is 83.1 Å². The number of aldehydes is 1. The molecule has 10 amide bonds. The number of carbonyl (C=O) groups excluding carboxylic acids is 11. The quantitative estimate of drug-likeness (QED) is 0.0292. The molecule has 0 spiro atoms. The number of aliphatic hydroxyl groups excluding tert-OH is 2. The molecule has 5 rings (SSSR count). The van der Waals surface area contributed by atoms with E-state index in [-0.39, 0.29) is 75.8 Å². The van der Waals surface area contributed by atoms with E-state index in [1.54, 1.807) is 44.2 Å². The predicted molar refractivity (Wildman–Crippen MR) is 305 cm³/mol. The third-order valence-corrected chi connectivity index (χ3v) is 14.7. The number of rotatable bonds is 30. The molecule has 2 heterocycles. The number of aliphatic carboxylic acids is 1. The van der Waals surface area contributed by atoms with Gasteiger partial charge in [-0.15, -0.1) is 0 Å². The molecule has 12 atom stereocenters. The third kappa shape index (κ3) is 19.5. The molecular formula is C58H77N11O17. The molecule has 0 radical (unpaired) electrons. The first-order valence-electron chi connectivity index (χ1n) is 28.1. The number of primary amides is 1. The molecule has 2 saturated heterocycles. The summed E-state index contributed by atoms with van der Waals surface area (Å²) in [6, 6.07) is 5.03. The Bertz CT molecular complexity index is 2910. The molecule has 2 aliphatic rings. The molecule has 466 valence electrons. The van der Waals surface area contributed by atoms with E-state index in [1.165, 1.54) is 67.3 Å². The van der Waals surface area contributed by atoms with Crippen LogP contribution in [0.2, 0.25) is 0 Å². The van der Waals surface area contributed by atoms with Gasteiger partial charge in [0.15, 0.2) is 0 Å². The number of aromatic hydroxyl groups is 2. The van der Waals surface area contributed by atoms with Gasteiger partial charge in [-0.3, -0.25) is 52.7 Å². The van der Waals surface area contributed by atoms with Crippen LogP contribution in [0.4, 0.5) is 0 Å². The second-order valence-electron chi connectivity index (χ2n) is 21.8. The van der Waals surface area contributed by atoms with Crippen LogP contribution >= 0.6 is 0 Å². The molecule has 0 aromatic heterocycles. The SMILES string of the molecule is CC(C)[C@H](NC(=O)[C@@H]1CCCN1C(=O)[C@H](CC(N)=O)NC(=O)[C@H](Cc1ccccc1)NC(=O)[C@@H](N)[C@@H](C)O)C(=O)N[C@@H](Cc1ccc(O)cc1)C(=O)N1CCC[C@H]1C(=O)N[C@@H](Cc1ccc(O)cc1)C(=O)N[C@@H](CC(=O)O)C(=O)N[C@H](C=O)[C@@H](C)O. The molecular weight excluding hydrogens is 1120 g/mol. The number of amides is 10. The van der Waals surface area contributed by atoms with Crippen molar-refractivity contribution in [2.75, 3.05) is 13.1 Å². The van der Waals surface area contributed by atoms with Crippen LogP contribution in [0.3, 0.4) is 0 Å². The van der Waals surface area contributed by atoms with E-state index < -0.39 is 156 Å². The van der Waals surface area contributed by atoms with Crippen molar-refractivity contribution in [1.82, 2.24) is 47.0 Å². The smallest absolute Gasteiger partial charge is 0.305 e. The fourth-order valence-electron chi connectivity index (χ4n) is 9.87. The number of aliphatic hydroxyl groups is 2. The van der Waals surface area contributed by atoms with Crippen LogP contribution in [0.5, 0.6) is 11.5 Å². The standard InChI is InChI=1S/C58H77N11O17/c1-30(2)49(67-54(82)45-13-9-23-69(45)58(86)42(27-46(59)75)64-51(79)39(24-33-10-6-5-7-11-33)63-55(83)48(60)32(4)72)56(84)65-41(26-35-16-20-37(74)21-17-35)57(85)68-22-8-12-44(68)53(81)62-38(25-34-14-18-36(73)19-15-34)50(78)61-40(28-47(76)77)52(80)66-43(29-70)31(3)71/h5-7,10-11,14-21,29-32,38-45,48-49,71-74H,8-9,12-13,22-28,60H2,1-4H3,(H2,59,75)(H,61,78)(H,62,81)(H,63,83)(H,64,79)(H,65,84)(H,66,80)(H,67,82)(H,76,77)/t31-,32-,38+,39+,40+,41+,42+,43-,44+,45+,48+,49+/m1/s1. The first-order valence-corrected chi connectivity index (χ1v) is 28.1. The molecule has 86 heavy (non-hydrogen) atoms. The Hall–Kier alpha value is -9.02. The fourth-order valence-corrected chi connectivity index (χ4v) is 9.87. The summed E-state index contributed by atoms with van der Waals surface area (Å²) in [5.41, 5.74) is 12.8. The highest BCUT2D eigenvalue weighted by atomic mass is 16.4. The second kappa shape index (κ2) is 31.8. The lowest BCUT2D eigenvalue weighted by molar-refractivity contribution is -0.144. The molecule has 16 N–H and O–H groups in total. The lowest BCUT2D eigenvalue weighted by Gasteiger charge is -2.32. The average Bonchev–Trinajstić information content (AvgIpc) is 2.93. The second-order valence-corrected chi connectivity index (χ2v) is 21.8. The topological polar surface area (TPSA) is 449 Å². The predicted octanol–water partition coefficient (Wildman–Crippen LogP) is -3.20. The maximum Gasteiger partial charge on any atom is 0.305 e. The number of carbonyl (C=O) groups is 12. The van der Waals surface area contributed by atoms with E-state index in [1.807, 2.05) is 0 Å². The number of nitrogens with one attached hydrogen (secondary N) is 7. The van der Waals surface area contributed by atoms with Gasteiger partial charge in [0.25, 0.3) is 0 Å². The minimum Gasteiger partial charge on any atom is -0.508 e. The van der Waals surface area contributed by atoms with Crippen LogP contribution < -0.4 is 48.7 Å². The van der Waals surface area contributed by atoms with Gasteiger partial charge in [0, 0.05) is 32.4 Å². The molecule has 0 aliphatic carbocycles. The molecule has 2 aliphatic heterocycles. The van der Waals surface area contributed by atoms with Gasteiger partial charge in [-0.1, -0.05) is 68.4 Å². The minimum absolute atomic E-state index is 0.0255. The largest absolute Gasteiger partial charge is 0.508 e. The highest BCUT2D eigenvalue weighted by Crippen LogP contribution is 2.24. The summed E-state index contributed by atoms with van der Waals surface area (Å²) in [5.74, 6) is -11.6. The van der Waals surface area contributed by atoms with E-state index in [2.05, 4.69) is 37.2 Å². The maximum atomic E-state index is 14.9. The summed E-state index contributed by atoms with van der Waals surface area (Å²) >= 11 is 0. The average molecular weight is 1200 g/mol. The number of carboxylic acids is 1. The van der Waals surface area contributed by atoms with E-state index >= 15 is 0 Å². The number of phenols is 2. The molecule has 28 heteroatoms. The Morgan fingerprint density at radius 1 is 0.535 bits per heavy atom. The zero-order valence-electron chi connectivity index (χ0n) is 48.1. The molecule has 28 nitrogen and oxygen atoms in total. The Balaban J connectivity index is 1.37. The molecule has 0 bridgehead atoms. The first kappa shape index (κ1) is 67.8. The number of nitrogens with zero attached hydrogens (tertiary/aromatic N) is 2. The Morgan fingerprint density at radius 3 is 1.43 bits per heavy atom. The minimum atomic E-state index is -1.82. The van der Waals surface area contributed by atoms with Crippen molar-refractivity contribution in [2.45, 2.75) is 158 Å². The number of benzene rings is 3. The van der Waals surface area contributed by atoms with Gasteiger partial charge in [0.2, 0.25) is 59.1 Å². The van der Waals surface area contributed by atoms with Crippen molar-refractivity contribution in [3.63, 3.8) is 0 Å². The lowest BCUT2D eigenvalue weighted by atomic mass is 9.99. The maximum absolute atomic E-state index is 14.9. The van der Waals surface area contributed by atoms with E-state index in [0.29, 0.717) is 16.7 Å². The number of likely N-dealkylation sites (tertiary alicyclic amines) is 2. The van der Waals surface area contributed by atoms with E-state index in [0.717, 1.165) is 4.90 Å². The Kier molecular flexibility index (Phi) is 25.0. The third-order valence-electron chi connectivity index (χ3n) is 14.7. The number of carboxylic acid groups (broad SMARTS) is 1. The summed E-state index contributed by atoms with van der Waals surface area (Å²) in [6.07, 6.45) is -4.11. The van der Waals surface area contributed by atoms with Gasteiger partial charge in [-0.2, -0.15) is 0 Å². The first-order chi connectivity index (χ1) is 40.7. The van der Waals surface area contributed by atoms with Crippen LogP contribution in [-0.4, -0.2) is 192 Å². The van der Waals surface area contributed by atoms with Crippen LogP contribution in [0.15, 0.2) is 78.9 Å². The summed E-state index contributed by atoms with van der Waals surface area (Å²) in [7, 11) is 0. The zero-order valence-corrected chi connectivity index (χ0v) is 48.1. The van der Waals surface area contributed by atoms with Gasteiger partial charge in [0.1, 0.15) is 78.2 Å². The van der Waals surface area contributed by atoms with E-state index in [4.69, 9.17) is 11.5 Å². The molecule has 2 fully saturated rings. The molecule has 3 aromatic carbocycles. The van der Waals surface area contributed by atoms with Gasteiger partial charge < -0.3 is 88.8 Å². The van der Waals surface area contributed by atoms with E-state index in [9.17, 15) is 83.1 Å². The van der Waals surface area contributed by atoms with Gasteiger partial charge in [-0.05, 0) is 86.4 Å². The Labute approximate surface area is 495 Å². The monoisotopic (exact) mass is 1200 g/mol. The summed E-state index contributed by atoms with van der Waals surface area (Å²) < 4.78 is 0. The zero-order chi connectivity index (χ0) is 63.5. The van der Waals surface area contributed by atoms with Crippen LogP contribution in [0.25, 0.3) is 0 Å². The van der Waals surface area contributed by atoms with Crippen LogP contribution in [0.1, 0.15) is 82.9 Å². The normalized spacial score (nSPS) is 18.2. The summed E-state index contributed by atoms with van der Waals surface area (Å²) in [4.78, 5) is 165. The van der Waals surface area contributed by atoms with Crippen LogP contribution in [-0.2, 0) is 76.8 Å². The fraction of sp³-hybridized carbons (Fsp3) is 0.483. The van der Waals surface area contributed by atoms with Crippen LogP contribution in [0, 0.1) is 5.92 Å². The number of phenolic OH excluding ortho intramolecular Hbond substituents is 2. The highest BCUT2D eigenvalue weighted by Gasteiger charge is 2.43. The molecule has 0 saturated carbocycles. The molecule has 3 aromatic rings. The van der Waals surface area contributed by atoms with Gasteiger partial charge in [-0.25, -0.2) is 0 Å². The lowest BCUT2D eigenvalue weighted by Crippen LogP contribution is -2.61. The Morgan fingerprint density at radius 2 is 0.965 bits per heavy atom. The highest BCUT2D eigenvalue weighted by molar-refractivity contribution is 6.00. The molecule has 0 unspecified atom stereocenters. The van der Waals surface area contributed by atoms with Crippen molar-refractivity contribution in [3.8, 4) is 11.5 Å². The number of hydrogen-bond donors (Lipinski definition) is 14. The summed E-state index contributed by atoms with van der Waals surface area (Å²) in [6.45, 7) is 5.64. The van der Waals surface area contributed by atoms with Gasteiger partial charge >= 0.3 is 5.97 Å². The van der Waals surface area contributed by atoms with Crippen molar-refractivity contribution >= 4 is 71.3 Å². The van der Waals surface area contributed by atoms with Crippen molar-refractivity contribution in [2.24, 2.45) is 17.4 Å². The summed E-state index contributed by atoms with van der Waals surface area (Å²) in [5, 5.41) is 67.1. The number of hydrogen-bond acceptors (Lipinski definition) is 17.